The van der Waals surface area contributed by atoms with Crippen LogP contribution < -0.4 is 4.90 Å². The maximum Gasteiger partial charge on any atom is 0.146 e. The van der Waals surface area contributed by atoms with Crippen molar-refractivity contribution in [2.24, 2.45) is 0 Å². The molecule has 4 aromatic rings. The van der Waals surface area contributed by atoms with Gasteiger partial charge in [-0.1, -0.05) is 24.3 Å². The SMILES string of the molecule is Oc1ccc(-c2nc3ccccc3s2)cc1CN1CCN(c2ccccc2F)CC1. The largest absolute Gasteiger partial charge is 0.508 e. The molecule has 152 valence electrons. The van der Waals surface area contributed by atoms with Crippen LogP contribution in [0.15, 0.2) is 66.7 Å². The van der Waals surface area contributed by atoms with E-state index in [1.807, 2.05) is 42.5 Å². The van der Waals surface area contributed by atoms with Gasteiger partial charge in [-0.05, 0) is 42.5 Å². The van der Waals surface area contributed by atoms with Crippen LogP contribution in [0.4, 0.5) is 10.1 Å². The summed E-state index contributed by atoms with van der Waals surface area (Å²) in [6.45, 7) is 3.83. The first kappa shape index (κ1) is 19.0. The zero-order chi connectivity index (χ0) is 20.5. The summed E-state index contributed by atoms with van der Waals surface area (Å²) in [4.78, 5) is 9.12. The third kappa shape index (κ3) is 3.76. The molecule has 1 aliphatic heterocycles. The van der Waals surface area contributed by atoms with E-state index >= 15 is 0 Å². The Morgan fingerprint density at radius 3 is 2.50 bits per heavy atom. The molecule has 30 heavy (non-hydrogen) atoms. The van der Waals surface area contributed by atoms with E-state index in [2.05, 4.69) is 15.9 Å². The molecule has 1 N–H and O–H groups in total. The van der Waals surface area contributed by atoms with E-state index in [1.54, 1.807) is 23.5 Å². The molecule has 5 rings (SSSR count). The Bertz CT molecular complexity index is 1150. The highest BCUT2D eigenvalue weighted by Gasteiger charge is 2.20. The zero-order valence-electron chi connectivity index (χ0n) is 16.5. The molecular formula is C24H22FN3OS. The summed E-state index contributed by atoms with van der Waals surface area (Å²) >= 11 is 1.66. The van der Waals surface area contributed by atoms with Crippen molar-refractivity contribution in [3.05, 3.63) is 78.1 Å². The van der Waals surface area contributed by atoms with Gasteiger partial charge in [0.1, 0.15) is 16.6 Å². The van der Waals surface area contributed by atoms with Gasteiger partial charge in [-0.25, -0.2) is 9.37 Å². The van der Waals surface area contributed by atoms with Gasteiger partial charge in [0.15, 0.2) is 0 Å². The number of piperazine rings is 1. The van der Waals surface area contributed by atoms with E-state index in [0.29, 0.717) is 18.0 Å². The van der Waals surface area contributed by atoms with Crippen LogP contribution in [0.25, 0.3) is 20.8 Å². The minimum absolute atomic E-state index is 0.174. The molecule has 3 aromatic carbocycles. The van der Waals surface area contributed by atoms with Gasteiger partial charge in [0, 0.05) is 43.9 Å². The van der Waals surface area contributed by atoms with Crippen molar-refractivity contribution >= 4 is 27.2 Å². The fourth-order valence-corrected chi connectivity index (χ4v) is 4.90. The normalized spacial score (nSPS) is 15.0. The third-order valence-electron chi connectivity index (χ3n) is 5.58. The highest BCUT2D eigenvalue weighted by Crippen LogP contribution is 2.33. The standard InChI is InChI=1S/C24H22FN3OS/c25-19-5-1-3-7-21(19)28-13-11-27(12-14-28)16-18-15-17(9-10-22(18)29)24-26-20-6-2-4-8-23(20)30-24/h1-10,15,29H,11-14,16H2. The van der Waals surface area contributed by atoms with Crippen LogP contribution in [0.2, 0.25) is 0 Å². The molecule has 0 saturated carbocycles. The zero-order valence-corrected chi connectivity index (χ0v) is 17.3. The van der Waals surface area contributed by atoms with Crippen molar-refractivity contribution in [1.82, 2.24) is 9.88 Å². The topological polar surface area (TPSA) is 39.6 Å². The van der Waals surface area contributed by atoms with Gasteiger partial charge < -0.3 is 10.0 Å². The van der Waals surface area contributed by atoms with Crippen LogP contribution in [-0.2, 0) is 6.54 Å². The summed E-state index contributed by atoms with van der Waals surface area (Å²) in [7, 11) is 0. The highest BCUT2D eigenvalue weighted by atomic mass is 32.1. The van der Waals surface area contributed by atoms with Crippen molar-refractivity contribution in [2.45, 2.75) is 6.54 Å². The Kier molecular flexibility index (Phi) is 5.11. The van der Waals surface area contributed by atoms with Crippen molar-refractivity contribution in [3.63, 3.8) is 0 Å². The van der Waals surface area contributed by atoms with E-state index in [9.17, 15) is 9.50 Å². The lowest BCUT2D eigenvalue weighted by Crippen LogP contribution is -2.46. The lowest BCUT2D eigenvalue weighted by atomic mass is 10.1. The van der Waals surface area contributed by atoms with E-state index in [-0.39, 0.29) is 5.82 Å². The summed E-state index contributed by atoms with van der Waals surface area (Å²) in [5, 5.41) is 11.4. The monoisotopic (exact) mass is 419 g/mol. The first-order chi connectivity index (χ1) is 14.7. The van der Waals surface area contributed by atoms with E-state index in [1.165, 1.54) is 6.07 Å². The number of hydrogen-bond acceptors (Lipinski definition) is 5. The fraction of sp³-hybridized carbons (Fsp3) is 0.208. The molecule has 1 fully saturated rings. The van der Waals surface area contributed by atoms with Crippen LogP contribution in [0, 0.1) is 5.82 Å². The molecule has 0 amide bonds. The number of anilines is 1. The Hall–Kier alpha value is -2.96. The lowest BCUT2D eigenvalue weighted by molar-refractivity contribution is 0.246. The average molecular weight is 420 g/mol. The molecule has 1 saturated heterocycles. The summed E-state index contributed by atoms with van der Waals surface area (Å²) < 4.78 is 15.2. The van der Waals surface area contributed by atoms with Crippen molar-refractivity contribution in [1.29, 1.82) is 0 Å². The summed E-state index contributed by atoms with van der Waals surface area (Å²) in [6, 6.07) is 20.8. The quantitative estimate of drug-likeness (QED) is 0.498. The first-order valence-electron chi connectivity index (χ1n) is 10.1. The van der Waals surface area contributed by atoms with Gasteiger partial charge in [-0.3, -0.25) is 4.90 Å². The number of thiazole rings is 1. The second kappa shape index (κ2) is 8.05. The minimum Gasteiger partial charge on any atom is -0.508 e. The number of fused-ring (bicyclic) bond motifs is 1. The number of phenols is 1. The number of halogens is 1. The maximum atomic E-state index is 14.1. The molecule has 0 radical (unpaired) electrons. The predicted octanol–water partition coefficient (Wildman–Crippen LogP) is 5.13. The van der Waals surface area contributed by atoms with Crippen LogP contribution in [0.5, 0.6) is 5.75 Å². The molecule has 2 heterocycles. The summed E-state index contributed by atoms with van der Waals surface area (Å²) in [6.07, 6.45) is 0. The number of aromatic nitrogens is 1. The lowest BCUT2D eigenvalue weighted by Gasteiger charge is -2.36. The number of nitrogens with zero attached hydrogens (tertiary/aromatic N) is 3. The van der Waals surface area contributed by atoms with Crippen LogP contribution >= 0.6 is 11.3 Å². The van der Waals surface area contributed by atoms with Gasteiger partial charge in [-0.15, -0.1) is 11.3 Å². The van der Waals surface area contributed by atoms with Gasteiger partial charge in [0.2, 0.25) is 0 Å². The van der Waals surface area contributed by atoms with Crippen LogP contribution in [0.1, 0.15) is 5.56 Å². The fourth-order valence-electron chi connectivity index (χ4n) is 3.94. The second-order valence-corrected chi connectivity index (χ2v) is 8.58. The van der Waals surface area contributed by atoms with Gasteiger partial charge in [-0.2, -0.15) is 0 Å². The Labute approximate surface area is 178 Å². The summed E-state index contributed by atoms with van der Waals surface area (Å²) in [5.74, 6) is 0.128. The van der Waals surface area contributed by atoms with E-state index < -0.39 is 0 Å². The number of aromatic hydroxyl groups is 1. The second-order valence-electron chi connectivity index (χ2n) is 7.54. The van der Waals surface area contributed by atoms with Crippen molar-refractivity contribution < 1.29 is 9.50 Å². The minimum atomic E-state index is -0.174. The molecule has 0 bridgehead atoms. The molecule has 0 atom stereocenters. The predicted molar refractivity (Wildman–Crippen MR) is 121 cm³/mol. The van der Waals surface area contributed by atoms with Crippen molar-refractivity contribution in [2.75, 3.05) is 31.1 Å². The van der Waals surface area contributed by atoms with Crippen molar-refractivity contribution in [3.8, 4) is 16.3 Å². The number of phenolic OH excluding ortho intramolecular Hbond substituents is 1. The van der Waals surface area contributed by atoms with Gasteiger partial charge in [0.25, 0.3) is 0 Å². The number of rotatable bonds is 4. The Morgan fingerprint density at radius 1 is 0.933 bits per heavy atom. The average Bonchev–Trinajstić information content (AvgIpc) is 3.21. The van der Waals surface area contributed by atoms with Crippen LogP contribution in [0.3, 0.4) is 0 Å². The molecular weight excluding hydrogens is 397 g/mol. The van der Waals surface area contributed by atoms with Crippen LogP contribution in [-0.4, -0.2) is 41.2 Å². The summed E-state index contributed by atoms with van der Waals surface area (Å²) in [5.41, 5.74) is 3.58. The number of para-hydroxylation sites is 2. The van der Waals surface area contributed by atoms with Gasteiger partial charge >= 0.3 is 0 Å². The Balaban J connectivity index is 1.31. The van der Waals surface area contributed by atoms with E-state index in [4.69, 9.17) is 4.98 Å². The van der Waals surface area contributed by atoms with Gasteiger partial charge in [0.05, 0.1) is 15.9 Å². The molecule has 1 aromatic heterocycles. The first-order valence-corrected chi connectivity index (χ1v) is 10.9. The highest BCUT2D eigenvalue weighted by molar-refractivity contribution is 7.21. The maximum absolute atomic E-state index is 14.1. The molecule has 6 heteroatoms. The smallest absolute Gasteiger partial charge is 0.146 e. The third-order valence-corrected chi connectivity index (χ3v) is 6.67. The number of benzene rings is 3. The molecule has 1 aliphatic rings. The molecule has 0 spiro atoms. The molecule has 0 unspecified atom stereocenters. The molecule has 0 aliphatic carbocycles. The number of hydrogen-bond donors (Lipinski definition) is 1. The van der Waals surface area contributed by atoms with E-state index in [0.717, 1.165) is 52.5 Å². The molecule has 4 nitrogen and oxygen atoms in total. The Morgan fingerprint density at radius 2 is 1.70 bits per heavy atom.